The molecule has 3 aromatic rings. The minimum Gasteiger partial charge on any atom is -0.497 e. The summed E-state index contributed by atoms with van der Waals surface area (Å²) in [6, 6.07) is 26.1. The van der Waals surface area contributed by atoms with Gasteiger partial charge in [0.2, 0.25) is 0 Å². The zero-order chi connectivity index (χ0) is 21.6. The maximum atomic E-state index is 13.1. The second-order valence-corrected chi connectivity index (χ2v) is 7.04. The summed E-state index contributed by atoms with van der Waals surface area (Å²) in [5.41, 5.74) is 3.16. The number of hydrogen-bond donors (Lipinski definition) is 0. The van der Waals surface area contributed by atoms with Gasteiger partial charge in [-0.05, 0) is 35.4 Å². The SMILES string of the molecule is COc1ccc(C2CC(c3ccccc3)=NN2C(=O)COc2ccccc2C#N)cc1. The molecule has 1 aliphatic heterocycles. The first-order valence-corrected chi connectivity index (χ1v) is 9.90. The molecule has 0 N–H and O–H groups in total. The van der Waals surface area contributed by atoms with Gasteiger partial charge >= 0.3 is 0 Å². The van der Waals surface area contributed by atoms with E-state index in [1.807, 2.05) is 54.6 Å². The zero-order valence-electron chi connectivity index (χ0n) is 17.1. The summed E-state index contributed by atoms with van der Waals surface area (Å²) in [4.78, 5) is 13.1. The van der Waals surface area contributed by atoms with Gasteiger partial charge in [0.25, 0.3) is 5.91 Å². The lowest BCUT2D eigenvalue weighted by molar-refractivity contribution is -0.135. The summed E-state index contributed by atoms with van der Waals surface area (Å²) in [6.45, 7) is -0.211. The molecule has 154 valence electrons. The summed E-state index contributed by atoms with van der Waals surface area (Å²) in [7, 11) is 1.62. The largest absolute Gasteiger partial charge is 0.497 e. The minimum atomic E-state index is -0.278. The van der Waals surface area contributed by atoms with E-state index in [0.29, 0.717) is 17.7 Å². The average Bonchev–Trinajstić information content (AvgIpc) is 3.29. The minimum absolute atomic E-state index is 0.211. The van der Waals surface area contributed by atoms with Gasteiger partial charge in [0, 0.05) is 6.42 Å². The number of nitrogens with zero attached hydrogens (tertiary/aromatic N) is 3. The standard InChI is InChI=1S/C25H21N3O3/c1-30-21-13-11-19(12-14-21)23-15-22(18-7-3-2-4-8-18)27-28(23)25(29)17-31-24-10-6-5-9-20(24)16-26/h2-14,23H,15,17H2,1H3. The summed E-state index contributed by atoms with van der Waals surface area (Å²) in [6.07, 6.45) is 0.594. The van der Waals surface area contributed by atoms with Gasteiger partial charge in [-0.3, -0.25) is 4.79 Å². The van der Waals surface area contributed by atoms with Crippen LogP contribution in [0.3, 0.4) is 0 Å². The topological polar surface area (TPSA) is 74.9 Å². The molecule has 1 aliphatic rings. The van der Waals surface area contributed by atoms with Gasteiger partial charge < -0.3 is 9.47 Å². The molecule has 1 amide bonds. The first-order valence-electron chi connectivity index (χ1n) is 9.90. The third-order valence-corrected chi connectivity index (χ3v) is 5.13. The predicted octanol–water partition coefficient (Wildman–Crippen LogP) is 4.32. The fraction of sp³-hybridized carbons (Fsp3) is 0.160. The van der Waals surface area contributed by atoms with Gasteiger partial charge in [0.1, 0.15) is 17.6 Å². The Balaban J connectivity index is 1.59. The molecule has 4 rings (SSSR count). The molecule has 0 saturated heterocycles. The fourth-order valence-corrected chi connectivity index (χ4v) is 3.52. The van der Waals surface area contributed by atoms with E-state index in [-0.39, 0.29) is 18.6 Å². The number of para-hydroxylation sites is 1. The lowest BCUT2D eigenvalue weighted by atomic mass is 9.98. The highest BCUT2D eigenvalue weighted by molar-refractivity contribution is 6.03. The van der Waals surface area contributed by atoms with Crippen LogP contribution in [-0.4, -0.2) is 30.3 Å². The van der Waals surface area contributed by atoms with Crippen LogP contribution in [0.2, 0.25) is 0 Å². The lowest BCUT2D eigenvalue weighted by Gasteiger charge is -2.22. The number of methoxy groups -OCH3 is 1. The van der Waals surface area contributed by atoms with E-state index in [0.717, 1.165) is 22.6 Å². The van der Waals surface area contributed by atoms with E-state index < -0.39 is 0 Å². The summed E-state index contributed by atoms with van der Waals surface area (Å²) >= 11 is 0. The van der Waals surface area contributed by atoms with Crippen LogP contribution in [0.4, 0.5) is 0 Å². The zero-order valence-corrected chi connectivity index (χ0v) is 17.1. The average molecular weight is 411 g/mol. The lowest BCUT2D eigenvalue weighted by Crippen LogP contribution is -2.31. The van der Waals surface area contributed by atoms with E-state index in [1.54, 1.807) is 31.4 Å². The Morgan fingerprint density at radius 2 is 1.77 bits per heavy atom. The molecule has 0 bridgehead atoms. The number of ether oxygens (including phenoxy) is 2. The molecule has 0 spiro atoms. The van der Waals surface area contributed by atoms with Crippen LogP contribution in [0, 0.1) is 11.3 Å². The molecule has 0 aliphatic carbocycles. The van der Waals surface area contributed by atoms with Crippen LogP contribution < -0.4 is 9.47 Å². The molecular formula is C25H21N3O3. The Hall–Kier alpha value is -4.11. The predicted molar refractivity (Wildman–Crippen MR) is 117 cm³/mol. The fourth-order valence-electron chi connectivity index (χ4n) is 3.52. The van der Waals surface area contributed by atoms with Crippen LogP contribution in [0.15, 0.2) is 84.0 Å². The van der Waals surface area contributed by atoms with Gasteiger partial charge in [-0.1, -0.05) is 54.6 Å². The number of hydrazone groups is 1. The van der Waals surface area contributed by atoms with Crippen molar-refractivity contribution in [2.75, 3.05) is 13.7 Å². The number of rotatable bonds is 6. The van der Waals surface area contributed by atoms with Crippen LogP contribution in [0.25, 0.3) is 0 Å². The van der Waals surface area contributed by atoms with Crippen LogP contribution in [0.5, 0.6) is 11.5 Å². The molecule has 0 aromatic heterocycles. The Labute approximate surface area is 181 Å². The van der Waals surface area contributed by atoms with E-state index in [1.165, 1.54) is 5.01 Å². The molecular weight excluding hydrogens is 390 g/mol. The smallest absolute Gasteiger partial charge is 0.281 e. The second-order valence-electron chi connectivity index (χ2n) is 7.04. The number of benzene rings is 3. The van der Waals surface area contributed by atoms with Crippen molar-refractivity contribution in [3.63, 3.8) is 0 Å². The van der Waals surface area contributed by atoms with Crippen molar-refractivity contribution >= 4 is 11.6 Å². The molecule has 6 nitrogen and oxygen atoms in total. The second kappa shape index (κ2) is 9.14. The molecule has 31 heavy (non-hydrogen) atoms. The highest BCUT2D eigenvalue weighted by atomic mass is 16.5. The molecule has 0 saturated carbocycles. The summed E-state index contributed by atoms with van der Waals surface area (Å²) < 4.78 is 10.9. The Bertz CT molecular complexity index is 1130. The molecule has 3 aromatic carbocycles. The number of carbonyl (C=O) groups excluding carboxylic acids is 1. The molecule has 1 heterocycles. The van der Waals surface area contributed by atoms with E-state index in [4.69, 9.17) is 9.47 Å². The highest BCUT2D eigenvalue weighted by Gasteiger charge is 2.33. The van der Waals surface area contributed by atoms with E-state index in [9.17, 15) is 10.1 Å². The molecule has 6 heteroatoms. The van der Waals surface area contributed by atoms with Crippen LogP contribution in [-0.2, 0) is 4.79 Å². The van der Waals surface area contributed by atoms with Gasteiger partial charge in [0.15, 0.2) is 6.61 Å². The number of hydrogen-bond acceptors (Lipinski definition) is 5. The molecule has 0 fully saturated rings. The monoisotopic (exact) mass is 411 g/mol. The Morgan fingerprint density at radius 1 is 1.06 bits per heavy atom. The van der Waals surface area contributed by atoms with Crippen molar-refractivity contribution in [3.8, 4) is 17.6 Å². The molecule has 1 atom stereocenters. The Kier molecular flexibility index (Phi) is 5.95. The summed E-state index contributed by atoms with van der Waals surface area (Å²) in [5, 5.41) is 15.4. The number of carbonyl (C=O) groups is 1. The van der Waals surface area contributed by atoms with Gasteiger partial charge in [-0.2, -0.15) is 10.4 Å². The first-order chi connectivity index (χ1) is 15.2. The maximum Gasteiger partial charge on any atom is 0.281 e. The normalized spacial score (nSPS) is 15.2. The Morgan fingerprint density at radius 3 is 2.48 bits per heavy atom. The van der Waals surface area contributed by atoms with Gasteiger partial charge in [-0.25, -0.2) is 5.01 Å². The molecule has 1 unspecified atom stereocenters. The van der Waals surface area contributed by atoms with Crippen LogP contribution >= 0.6 is 0 Å². The summed E-state index contributed by atoms with van der Waals surface area (Å²) in [5.74, 6) is 0.852. The first kappa shape index (κ1) is 20.2. The third kappa shape index (κ3) is 4.41. The van der Waals surface area contributed by atoms with Gasteiger partial charge in [0.05, 0.1) is 24.4 Å². The van der Waals surface area contributed by atoms with Crippen molar-refractivity contribution in [2.45, 2.75) is 12.5 Å². The maximum absolute atomic E-state index is 13.1. The van der Waals surface area contributed by atoms with Crippen molar-refractivity contribution < 1.29 is 14.3 Å². The van der Waals surface area contributed by atoms with Crippen molar-refractivity contribution in [2.24, 2.45) is 5.10 Å². The van der Waals surface area contributed by atoms with Crippen molar-refractivity contribution in [1.29, 1.82) is 5.26 Å². The van der Waals surface area contributed by atoms with Gasteiger partial charge in [-0.15, -0.1) is 0 Å². The molecule has 0 radical (unpaired) electrons. The quantitative estimate of drug-likeness (QED) is 0.605. The van der Waals surface area contributed by atoms with E-state index >= 15 is 0 Å². The van der Waals surface area contributed by atoms with Crippen molar-refractivity contribution in [1.82, 2.24) is 5.01 Å². The van der Waals surface area contributed by atoms with E-state index in [2.05, 4.69) is 11.2 Å². The number of nitriles is 1. The van der Waals surface area contributed by atoms with Crippen LogP contribution in [0.1, 0.15) is 29.2 Å². The third-order valence-electron chi connectivity index (χ3n) is 5.13. The highest BCUT2D eigenvalue weighted by Crippen LogP contribution is 2.33. The number of amides is 1. The van der Waals surface area contributed by atoms with Crippen molar-refractivity contribution in [3.05, 3.63) is 95.6 Å².